The van der Waals surface area contributed by atoms with E-state index < -0.39 is 7.12 Å². The third-order valence-corrected chi connectivity index (χ3v) is 10.7. The van der Waals surface area contributed by atoms with Gasteiger partial charge in [-0.25, -0.2) is 19.9 Å². The van der Waals surface area contributed by atoms with Gasteiger partial charge in [-0.15, -0.1) is 0 Å². The Morgan fingerprint density at radius 1 is 0.679 bits per heavy atom. The van der Waals surface area contributed by atoms with Crippen molar-refractivity contribution < 1.29 is 19.4 Å². The van der Waals surface area contributed by atoms with Gasteiger partial charge in [0.1, 0.15) is 20.6 Å². The van der Waals surface area contributed by atoms with Crippen LogP contribution < -0.4 is 22.4 Å². The molecule has 5 aromatic rings. The number of rotatable bonds is 3. The lowest BCUT2D eigenvalue weighted by molar-refractivity contribution is 0.00578. The number of nitrogens with zero attached hydrogens (tertiary/aromatic N) is 4. The molecule has 53 heavy (non-hydrogen) atoms. The minimum atomic E-state index is -1.48. The topological polar surface area (TPSA) is 163 Å². The van der Waals surface area contributed by atoms with Crippen LogP contribution in [0.2, 0.25) is 25.4 Å². The fourth-order valence-electron chi connectivity index (χ4n) is 4.48. The van der Waals surface area contributed by atoms with Crippen molar-refractivity contribution in [1.29, 1.82) is 0 Å². The Balaban J connectivity index is 0.000000196. The van der Waals surface area contributed by atoms with E-state index in [-0.39, 0.29) is 29.3 Å². The van der Waals surface area contributed by atoms with Crippen molar-refractivity contribution in [1.82, 2.24) is 19.9 Å². The van der Waals surface area contributed by atoms with Gasteiger partial charge >= 0.3 is 14.2 Å². The summed E-state index contributed by atoms with van der Waals surface area (Å²) in [5.74, 6) is 0.586. The molecule has 1 aliphatic rings. The van der Waals surface area contributed by atoms with Crippen molar-refractivity contribution in [2.75, 3.05) is 11.5 Å². The summed E-state index contributed by atoms with van der Waals surface area (Å²) in [5.41, 5.74) is 15.8. The Labute approximate surface area is 343 Å². The number of hydrogen-bond acceptors (Lipinski definition) is 10. The highest BCUT2D eigenvalue weighted by molar-refractivity contribution is 9.10. The first-order chi connectivity index (χ1) is 24.7. The molecule has 3 heterocycles. The molecule has 0 unspecified atom stereocenters. The van der Waals surface area contributed by atoms with Crippen molar-refractivity contribution in [2.45, 2.75) is 59.7 Å². The van der Waals surface area contributed by atoms with Gasteiger partial charge < -0.3 is 30.8 Å². The first kappa shape index (κ1) is 44.7. The van der Waals surface area contributed by atoms with E-state index in [1.54, 1.807) is 12.1 Å². The van der Waals surface area contributed by atoms with Gasteiger partial charge in [0.15, 0.2) is 11.6 Å². The number of anilines is 2. The minimum Gasteiger partial charge on any atom is -0.423 e. The summed E-state index contributed by atoms with van der Waals surface area (Å²) in [6.07, 6.45) is 2.87. The average molecular weight is 886 g/mol. The zero-order valence-corrected chi connectivity index (χ0v) is 35.3. The van der Waals surface area contributed by atoms with Gasteiger partial charge in [-0.3, -0.25) is 0 Å². The van der Waals surface area contributed by atoms with Gasteiger partial charge in [-0.2, -0.15) is 0 Å². The van der Waals surface area contributed by atoms with Crippen molar-refractivity contribution in [3.63, 3.8) is 0 Å². The summed E-state index contributed by atoms with van der Waals surface area (Å²) in [4.78, 5) is 15.6. The zero-order valence-electron chi connectivity index (χ0n) is 29.9. The zero-order chi connectivity index (χ0) is 39.8. The fraction of sp³-hybridized carbons (Fsp3) is 0.257. The Kier molecular flexibility index (Phi) is 16.3. The second kappa shape index (κ2) is 19.3. The van der Waals surface area contributed by atoms with Crippen molar-refractivity contribution in [3.05, 3.63) is 114 Å². The van der Waals surface area contributed by atoms with E-state index in [0.29, 0.717) is 36.8 Å². The van der Waals surface area contributed by atoms with E-state index in [9.17, 15) is 0 Å². The summed E-state index contributed by atoms with van der Waals surface area (Å²) in [6.45, 7) is 13.9. The molecule has 1 aliphatic heterocycles. The van der Waals surface area contributed by atoms with Crippen LogP contribution in [0.4, 0.5) is 11.6 Å². The maximum absolute atomic E-state index is 8.80. The van der Waals surface area contributed by atoms with Crippen LogP contribution in [0, 0.1) is 20.8 Å². The molecule has 1 saturated heterocycles. The number of benzene rings is 3. The lowest BCUT2D eigenvalue weighted by Crippen LogP contribution is -2.41. The lowest BCUT2D eigenvalue weighted by Gasteiger charge is -2.32. The molecule has 0 amide bonds. The molecule has 18 heteroatoms. The predicted octanol–water partition coefficient (Wildman–Crippen LogP) is 8.09. The van der Waals surface area contributed by atoms with Gasteiger partial charge in [-0.1, -0.05) is 113 Å². The van der Waals surface area contributed by atoms with Crippen molar-refractivity contribution in [2.24, 2.45) is 0 Å². The van der Waals surface area contributed by atoms with Crippen LogP contribution in [0.5, 0.6) is 0 Å². The van der Waals surface area contributed by atoms with Crippen molar-refractivity contribution >= 4 is 111 Å². The van der Waals surface area contributed by atoms with Crippen LogP contribution in [0.15, 0.2) is 71.6 Å². The van der Waals surface area contributed by atoms with E-state index in [1.807, 2.05) is 90.9 Å². The summed E-state index contributed by atoms with van der Waals surface area (Å²) in [6, 6.07) is 16.7. The van der Waals surface area contributed by atoms with Crippen LogP contribution in [0.3, 0.4) is 0 Å². The lowest BCUT2D eigenvalue weighted by atomic mass is 9.78. The molecule has 1 fully saturated rings. The summed E-state index contributed by atoms with van der Waals surface area (Å²) >= 11 is 32.5. The first-order valence-electron chi connectivity index (χ1n) is 15.9. The van der Waals surface area contributed by atoms with Gasteiger partial charge in [0.05, 0.1) is 28.6 Å². The van der Waals surface area contributed by atoms with Crippen LogP contribution in [0.1, 0.15) is 44.4 Å². The molecular weight excluding hydrogens is 847 g/mol. The molecule has 0 radical (unpaired) electrons. The van der Waals surface area contributed by atoms with Crippen molar-refractivity contribution in [3.8, 4) is 11.3 Å². The van der Waals surface area contributed by atoms with Crippen LogP contribution >= 0.6 is 73.9 Å². The maximum Gasteiger partial charge on any atom is 0.496 e. The molecule has 6 N–H and O–H groups in total. The molecule has 0 spiro atoms. The number of aryl methyl sites for hydroxylation is 3. The molecule has 6 rings (SSSR count). The Morgan fingerprint density at radius 2 is 1.15 bits per heavy atom. The third-order valence-electron chi connectivity index (χ3n) is 8.17. The highest BCUT2D eigenvalue weighted by atomic mass is 79.9. The monoisotopic (exact) mass is 882 g/mol. The molecule has 2 aromatic heterocycles. The highest BCUT2D eigenvalue weighted by Gasteiger charge is 2.52. The van der Waals surface area contributed by atoms with Crippen LogP contribution in [0.25, 0.3) is 11.3 Å². The van der Waals surface area contributed by atoms with E-state index in [0.717, 1.165) is 32.7 Å². The predicted molar refractivity (Wildman–Crippen MR) is 224 cm³/mol. The number of aromatic nitrogens is 4. The normalized spacial score (nSPS) is 13.8. The molecule has 0 aliphatic carbocycles. The molecule has 10 nitrogen and oxygen atoms in total. The first-order valence-corrected chi connectivity index (χ1v) is 18.5. The van der Waals surface area contributed by atoms with E-state index in [1.165, 1.54) is 12.4 Å². The second-order valence-corrected chi connectivity index (χ2v) is 15.3. The maximum atomic E-state index is 8.80. The van der Waals surface area contributed by atoms with Gasteiger partial charge in [0.2, 0.25) is 0 Å². The van der Waals surface area contributed by atoms with Crippen LogP contribution in [-0.4, -0.2) is 55.4 Å². The van der Waals surface area contributed by atoms with Gasteiger partial charge in [-0.05, 0) is 81.1 Å². The molecular formula is C35H38B2BrCl5N6O4. The van der Waals surface area contributed by atoms with Gasteiger partial charge in [0, 0.05) is 26.5 Å². The van der Waals surface area contributed by atoms with E-state index in [4.69, 9.17) is 88.8 Å². The Hall–Kier alpha value is -2.68. The molecule has 280 valence electrons. The van der Waals surface area contributed by atoms with E-state index >= 15 is 0 Å². The smallest absolute Gasteiger partial charge is 0.423 e. The van der Waals surface area contributed by atoms with Crippen LogP contribution in [-0.2, 0) is 9.31 Å². The third kappa shape index (κ3) is 11.9. The van der Waals surface area contributed by atoms with E-state index in [2.05, 4.69) is 35.9 Å². The Bertz CT molecular complexity index is 2030. The van der Waals surface area contributed by atoms with Gasteiger partial charge in [0.25, 0.3) is 0 Å². The number of halogens is 6. The standard InChI is InChI=1S/C13H18BClO2.C11H9Cl2N3.C7H8BClO2.C4H3BrClN3/c1-9-7-6-8-10(11(9)15)14-16-12(2,3)13(4,5)17-14;1-6-3-2-4-7(9(6)13)10-11(14)16-8(12)5-15-10;1-5-3-2-4-6(7(5)9)8(10)11;5-3-4(7)9-2(6)1-8-3/h6-8H,1-5H3;2-5H,1H3,(H2,14,16);2-4,10-11H,1H3;1H,(H2,7,9). The summed E-state index contributed by atoms with van der Waals surface area (Å²) < 4.78 is 12.5. The molecule has 3 aromatic carbocycles. The number of hydrogen-bond donors (Lipinski definition) is 4. The average Bonchev–Trinajstić information content (AvgIpc) is 3.30. The second-order valence-electron chi connectivity index (χ2n) is 12.6. The highest BCUT2D eigenvalue weighted by Crippen LogP contribution is 2.37. The molecule has 0 atom stereocenters. The number of nitrogens with two attached hydrogens (primary N) is 2. The number of nitrogen functional groups attached to an aromatic ring is 2. The Morgan fingerprint density at radius 3 is 1.64 bits per heavy atom. The minimum absolute atomic E-state index is 0.269. The molecule has 0 bridgehead atoms. The summed E-state index contributed by atoms with van der Waals surface area (Å²) in [7, 11) is -1.87. The summed E-state index contributed by atoms with van der Waals surface area (Å²) in [5, 5.41) is 19.9. The quantitative estimate of drug-likeness (QED) is 0.130. The molecule has 0 saturated carbocycles. The fourth-order valence-corrected chi connectivity index (χ4v) is 5.60. The largest absolute Gasteiger partial charge is 0.496 e. The SMILES string of the molecule is Cc1cccc(-c2ncc(Cl)nc2N)c1Cl.Cc1cccc(B(O)O)c1Cl.Cc1cccc(B2OC(C)(C)C(C)(C)O2)c1Cl.Nc1nc(Cl)cnc1Br.